The van der Waals surface area contributed by atoms with E-state index in [2.05, 4.69) is 83.6 Å². The van der Waals surface area contributed by atoms with Crippen LogP contribution in [-0.2, 0) is 11.3 Å². The van der Waals surface area contributed by atoms with Crippen molar-refractivity contribution in [2.45, 2.75) is 115 Å². The largest absolute Gasteiger partial charge is 0.477 e. The van der Waals surface area contributed by atoms with Crippen LogP contribution in [0.15, 0.2) is 146 Å². The Morgan fingerprint density at radius 3 is 1.83 bits per heavy atom. The van der Waals surface area contributed by atoms with Gasteiger partial charge in [0.05, 0.1) is 12.7 Å². The minimum Gasteiger partial charge on any atom is -0.477 e. The lowest BCUT2D eigenvalue weighted by atomic mass is 9.95. The molecular weight excluding hydrogens is 1260 g/mol. The summed E-state index contributed by atoms with van der Waals surface area (Å²) >= 11 is 18.1. The number of benzene rings is 4. The standard InChI is InChI=1S/C18H18ClN5O2.C12H9ClN4.C9H6BrNO2.C9H5BrO3.C4H6F2.C3H9N.5CH4/c1-18(2,3)26-17(25)24-11-13(10-21-24)12-4-6-14(7-5-12)22-15-8-9-20-16(19)23-15;13-12-15-4-3-11(17-12)16-10-2-1-8-6-14-7-9(8)5-10;10-6-2-1-5-3-8(9(12)13)11-7(5)4-6;10-6-2-1-5-3-8(9(11)12)13-7(5)4-6;5-4(6)2-1-3-4;1-3(2)4;;;;;/h4-11H,1-3H3,(H,20,22,23);1-5,7H,6H2,(H,15,16,17);1-4,11H,(H,12,13);1-4H,(H,11,12);1-3H2;3H,4H2,1-2H3;5*1H4. The first-order valence-corrected chi connectivity index (χ1v) is 26.3. The molecule has 1 saturated carbocycles. The van der Waals surface area contributed by atoms with E-state index < -0.39 is 29.6 Å². The Morgan fingerprint density at radius 2 is 1.31 bits per heavy atom. The number of aromatic carboxylic acids is 2. The fraction of sp³-hybridized carbons (Fsp3) is 0.283. The van der Waals surface area contributed by atoms with E-state index >= 15 is 0 Å². The second-order valence-corrected chi connectivity index (χ2v) is 21.1. The van der Waals surface area contributed by atoms with Gasteiger partial charge in [0.1, 0.15) is 28.5 Å². The van der Waals surface area contributed by atoms with E-state index in [1.165, 1.54) is 16.3 Å². The number of fused-ring (bicyclic) bond motifs is 3. The molecule has 24 heteroatoms. The van der Waals surface area contributed by atoms with Gasteiger partial charge in [0.2, 0.25) is 22.2 Å². The number of alkyl halides is 2. The van der Waals surface area contributed by atoms with E-state index in [1.807, 2.05) is 101 Å². The lowest BCUT2D eigenvalue weighted by Crippen LogP contribution is -2.27. The Balaban J connectivity index is 0.000000536. The van der Waals surface area contributed by atoms with Gasteiger partial charge in [-0.1, -0.05) is 107 Å². The zero-order valence-corrected chi connectivity index (χ0v) is 47.7. The molecule has 18 nitrogen and oxygen atoms in total. The van der Waals surface area contributed by atoms with Crippen LogP contribution >= 0.6 is 55.1 Å². The molecular formula is C60H73Br2Cl2F2N11O7. The van der Waals surface area contributed by atoms with E-state index in [0.717, 1.165) is 59.8 Å². The molecule has 0 radical (unpaired) electrons. The molecule has 0 spiro atoms. The second-order valence-electron chi connectivity index (χ2n) is 18.6. The lowest BCUT2D eigenvalue weighted by Gasteiger charge is -2.23. The van der Waals surface area contributed by atoms with Gasteiger partial charge in [-0.3, -0.25) is 4.99 Å². The lowest BCUT2D eigenvalue weighted by molar-refractivity contribution is -0.0717. The van der Waals surface area contributed by atoms with Crippen molar-refractivity contribution in [1.82, 2.24) is 34.7 Å². The number of nitrogens with one attached hydrogen (secondary N) is 3. The summed E-state index contributed by atoms with van der Waals surface area (Å²) in [5.74, 6) is -3.01. The summed E-state index contributed by atoms with van der Waals surface area (Å²) < 4.78 is 36.4. The molecule has 0 unspecified atom stereocenters. The van der Waals surface area contributed by atoms with Gasteiger partial charge in [0.25, 0.3) is 0 Å². The molecule has 6 heterocycles. The maximum Gasteiger partial charge on any atom is 0.435 e. The molecule has 1 fully saturated rings. The van der Waals surface area contributed by atoms with Crippen molar-refractivity contribution in [3.8, 4) is 11.1 Å². The number of halogens is 6. The number of aliphatic imine (C=N–C) groups is 1. The molecule has 2 aliphatic rings. The number of carboxylic acids is 2. The molecule has 0 bridgehead atoms. The minimum atomic E-state index is -2.28. The molecule has 1 aliphatic carbocycles. The highest BCUT2D eigenvalue weighted by molar-refractivity contribution is 9.10. The molecule has 0 atom stereocenters. The minimum absolute atomic E-state index is 0. The monoisotopic (exact) mass is 1330 g/mol. The Kier molecular flexibility index (Phi) is 30.3. The highest BCUT2D eigenvalue weighted by atomic mass is 79.9. The van der Waals surface area contributed by atoms with Crippen molar-refractivity contribution in [2.24, 2.45) is 10.7 Å². The second kappa shape index (κ2) is 34.2. The average molecular weight is 1330 g/mol. The predicted octanol–water partition coefficient (Wildman–Crippen LogP) is 18.2. The normalized spacial score (nSPS) is 11.8. The van der Waals surface area contributed by atoms with Crippen LogP contribution in [0.4, 0.5) is 36.6 Å². The predicted molar refractivity (Wildman–Crippen MR) is 343 cm³/mol. The number of furan rings is 1. The molecule has 1 aliphatic heterocycles. The number of aromatic amines is 1. The smallest absolute Gasteiger partial charge is 0.435 e. The van der Waals surface area contributed by atoms with Crippen molar-refractivity contribution < 1.29 is 42.5 Å². The van der Waals surface area contributed by atoms with Crippen molar-refractivity contribution in [3.05, 3.63) is 170 Å². The van der Waals surface area contributed by atoms with Gasteiger partial charge in [-0.05, 0) is 152 Å². The van der Waals surface area contributed by atoms with E-state index in [-0.39, 0.29) is 72.0 Å². The first-order chi connectivity index (χ1) is 37.4. The van der Waals surface area contributed by atoms with Gasteiger partial charge in [-0.2, -0.15) is 9.78 Å². The van der Waals surface area contributed by atoms with E-state index in [9.17, 15) is 23.2 Å². The Labute approximate surface area is 516 Å². The number of nitrogens with two attached hydrogens (primary N) is 1. The van der Waals surface area contributed by atoms with Gasteiger partial charge in [0.15, 0.2) is 0 Å². The van der Waals surface area contributed by atoms with Gasteiger partial charge in [0, 0.05) is 79.8 Å². The Morgan fingerprint density at radius 1 is 0.762 bits per heavy atom. The third-order valence-corrected chi connectivity index (χ3v) is 11.8. The number of H-pyrrole nitrogens is 1. The number of ether oxygens (including phenoxy) is 1. The summed E-state index contributed by atoms with van der Waals surface area (Å²) in [6.07, 6.45) is 8.78. The summed E-state index contributed by atoms with van der Waals surface area (Å²) in [4.78, 5) is 56.0. The van der Waals surface area contributed by atoms with Crippen LogP contribution in [0.5, 0.6) is 0 Å². The molecule has 5 aromatic heterocycles. The Bertz CT molecular complexity index is 3470. The van der Waals surface area contributed by atoms with Crippen molar-refractivity contribution in [2.75, 3.05) is 10.6 Å². The maximum absolute atomic E-state index is 12.0. The zero-order valence-electron chi connectivity index (χ0n) is 43.0. The first-order valence-electron chi connectivity index (χ1n) is 24.0. The number of nitrogens with zero attached hydrogens (tertiary/aromatic N) is 7. The number of hydrogen-bond acceptors (Lipinski definition) is 14. The van der Waals surface area contributed by atoms with Crippen LogP contribution in [-0.4, -0.2) is 86.7 Å². The molecule has 452 valence electrons. The molecule has 4 aromatic carbocycles. The number of carbonyl (C=O) groups excluding carboxylic acids is 1. The fourth-order valence-corrected chi connectivity index (χ4v) is 7.68. The van der Waals surface area contributed by atoms with E-state index in [1.54, 1.807) is 55.1 Å². The summed E-state index contributed by atoms with van der Waals surface area (Å²) in [5, 5.41) is 29.9. The quantitative estimate of drug-likeness (QED) is 0.0811. The molecule has 11 rings (SSSR count). The average Bonchev–Trinajstić information content (AvgIpc) is 4.44. The zero-order chi connectivity index (χ0) is 57.4. The number of carbonyl (C=O) groups is 3. The van der Waals surface area contributed by atoms with Crippen LogP contribution in [0.25, 0.3) is 33.0 Å². The molecule has 0 saturated heterocycles. The number of rotatable bonds is 7. The first kappa shape index (κ1) is 74.4. The molecule has 7 N–H and O–H groups in total. The Hall–Kier alpha value is -7.63. The molecule has 9 aromatic rings. The van der Waals surface area contributed by atoms with E-state index in [4.69, 9.17) is 48.3 Å². The van der Waals surface area contributed by atoms with Gasteiger partial charge >= 0.3 is 18.0 Å². The number of carboxylic acid groups (broad SMARTS) is 2. The summed E-state index contributed by atoms with van der Waals surface area (Å²) in [5.41, 5.74) is 12.1. The highest BCUT2D eigenvalue weighted by Crippen LogP contribution is 2.36. The highest BCUT2D eigenvalue weighted by Gasteiger charge is 2.36. The third-order valence-electron chi connectivity index (χ3n) is 10.4. The molecule has 0 amide bonds. The van der Waals surface area contributed by atoms with Crippen LogP contribution in [0.2, 0.25) is 10.6 Å². The van der Waals surface area contributed by atoms with Crippen LogP contribution in [0, 0.1) is 0 Å². The summed E-state index contributed by atoms with van der Waals surface area (Å²) in [6.45, 7) is 10.1. The van der Waals surface area contributed by atoms with Gasteiger partial charge < -0.3 is 40.7 Å². The van der Waals surface area contributed by atoms with Crippen molar-refractivity contribution in [1.29, 1.82) is 0 Å². The van der Waals surface area contributed by atoms with Crippen LogP contribution < -0.4 is 16.4 Å². The van der Waals surface area contributed by atoms with E-state index in [0.29, 0.717) is 29.7 Å². The third kappa shape index (κ3) is 23.9. The summed E-state index contributed by atoms with van der Waals surface area (Å²) in [7, 11) is 0. The number of hydrogen-bond donors (Lipinski definition) is 6. The SMILES string of the molecule is C.C.C.C.C.CC(C)(C)OC(=O)n1cc(-c2ccc(Nc3ccnc(Cl)n3)cc2)cn1.CC(C)N.Clc1nccc(Nc2ccc3c(c2)C=NC3)n1.FC1(F)CCC1.O=C(O)c1cc2ccc(Br)cc2[nH]1.O=C(O)c1cc2ccc(Br)cc2o1. The maximum atomic E-state index is 12.0. The number of aromatic nitrogens is 7. The topological polar surface area (TPSA) is 262 Å². The van der Waals surface area contributed by atoms with Crippen LogP contribution in [0.3, 0.4) is 0 Å². The van der Waals surface area contributed by atoms with Gasteiger partial charge in [-0.25, -0.2) is 43.1 Å². The number of anilines is 4. The van der Waals surface area contributed by atoms with Gasteiger partial charge in [-0.15, -0.1) is 0 Å². The van der Waals surface area contributed by atoms with Crippen molar-refractivity contribution in [3.63, 3.8) is 0 Å². The molecule has 84 heavy (non-hydrogen) atoms. The van der Waals surface area contributed by atoms with Crippen LogP contribution in [0.1, 0.15) is 123 Å². The summed E-state index contributed by atoms with van der Waals surface area (Å²) in [6, 6.07) is 31.7. The fourth-order valence-electron chi connectivity index (χ4n) is 6.68. The van der Waals surface area contributed by atoms with Crippen molar-refractivity contribution >= 4 is 124 Å².